The third kappa shape index (κ3) is 5.79. The second kappa shape index (κ2) is 10.6. The lowest BCUT2D eigenvalue weighted by atomic mass is 10.2. The zero-order valence-electron chi connectivity index (χ0n) is 17.7. The highest BCUT2D eigenvalue weighted by atomic mass is 16.5. The molecule has 0 aromatic carbocycles. The van der Waals surface area contributed by atoms with Crippen LogP contribution < -0.4 is 5.32 Å². The molecule has 156 valence electrons. The molecule has 0 aliphatic carbocycles. The van der Waals surface area contributed by atoms with Crippen LogP contribution in [0.5, 0.6) is 0 Å². The average molecular weight is 381 g/mol. The van der Waals surface area contributed by atoms with Gasteiger partial charge in [0.1, 0.15) is 0 Å². The molecule has 2 atom stereocenters. The summed E-state index contributed by atoms with van der Waals surface area (Å²) in [6.07, 6.45) is 1.24. The topological polar surface area (TPSA) is 46.6 Å². The number of ether oxygens (including phenoxy) is 1. The van der Waals surface area contributed by atoms with E-state index < -0.39 is 0 Å². The van der Waals surface area contributed by atoms with Crippen molar-refractivity contribution in [3.8, 4) is 0 Å². The lowest BCUT2D eigenvalue weighted by Gasteiger charge is -2.37. The Labute approximate surface area is 165 Å². The number of nitrogens with zero attached hydrogens (tertiary/aromatic N) is 5. The summed E-state index contributed by atoms with van der Waals surface area (Å²) in [5.74, 6) is 1.10. The molecule has 3 fully saturated rings. The number of rotatable bonds is 6. The van der Waals surface area contributed by atoms with Gasteiger partial charge in [0.05, 0.1) is 19.8 Å². The van der Waals surface area contributed by atoms with Crippen molar-refractivity contribution in [1.29, 1.82) is 0 Å². The molecule has 0 aromatic heterocycles. The van der Waals surface area contributed by atoms with Gasteiger partial charge < -0.3 is 19.9 Å². The normalized spacial score (nSPS) is 27.9. The zero-order valence-corrected chi connectivity index (χ0v) is 17.7. The largest absolute Gasteiger partial charge is 0.379 e. The van der Waals surface area contributed by atoms with Crippen LogP contribution in [-0.4, -0.2) is 123 Å². The number of piperazine rings is 1. The molecule has 27 heavy (non-hydrogen) atoms. The minimum absolute atomic E-state index is 0.510. The predicted octanol–water partition coefficient (Wildman–Crippen LogP) is 0.384. The van der Waals surface area contributed by atoms with E-state index in [2.05, 4.69) is 45.7 Å². The van der Waals surface area contributed by atoms with Crippen molar-refractivity contribution in [3.63, 3.8) is 0 Å². The summed E-state index contributed by atoms with van der Waals surface area (Å²) in [4.78, 5) is 15.2. The van der Waals surface area contributed by atoms with Gasteiger partial charge in [-0.1, -0.05) is 6.92 Å². The molecule has 0 amide bonds. The monoisotopic (exact) mass is 380 g/mol. The lowest BCUT2D eigenvalue weighted by molar-refractivity contribution is 0.0195. The van der Waals surface area contributed by atoms with Crippen LogP contribution >= 0.6 is 0 Å². The van der Waals surface area contributed by atoms with Gasteiger partial charge in [-0.05, 0) is 26.8 Å². The van der Waals surface area contributed by atoms with E-state index in [1.807, 2.05) is 0 Å². The SMILES string of the molecule is CCNC(=NCC(C)N1CCN(CC)CC1)N1CCC(N2CCOCC2)C1. The molecular formula is C20H40N6O. The summed E-state index contributed by atoms with van der Waals surface area (Å²) in [7, 11) is 0. The van der Waals surface area contributed by atoms with Gasteiger partial charge in [-0.15, -0.1) is 0 Å². The third-order valence-electron chi connectivity index (χ3n) is 6.34. The summed E-state index contributed by atoms with van der Waals surface area (Å²) in [5, 5.41) is 3.53. The fourth-order valence-corrected chi connectivity index (χ4v) is 4.46. The van der Waals surface area contributed by atoms with E-state index in [9.17, 15) is 0 Å². The number of guanidine groups is 1. The van der Waals surface area contributed by atoms with Crippen molar-refractivity contribution in [2.45, 2.75) is 39.3 Å². The Balaban J connectivity index is 1.50. The van der Waals surface area contributed by atoms with Crippen LogP contribution in [0.4, 0.5) is 0 Å². The van der Waals surface area contributed by atoms with Crippen LogP contribution in [0, 0.1) is 0 Å². The summed E-state index contributed by atoms with van der Waals surface area (Å²) < 4.78 is 5.51. The standard InChI is InChI=1S/C20H40N6O/c1-4-21-20(22-16-18(3)24-10-8-23(5-2)9-11-24)26-7-6-19(17-26)25-12-14-27-15-13-25/h18-19H,4-17H2,1-3H3,(H,21,22). The Morgan fingerprint density at radius 1 is 1.07 bits per heavy atom. The first kappa shape index (κ1) is 20.8. The summed E-state index contributed by atoms with van der Waals surface area (Å²) in [5.41, 5.74) is 0. The van der Waals surface area contributed by atoms with E-state index in [1.165, 1.54) is 39.1 Å². The van der Waals surface area contributed by atoms with Crippen LogP contribution in [0.25, 0.3) is 0 Å². The number of likely N-dealkylation sites (N-methyl/N-ethyl adjacent to an activating group) is 1. The maximum atomic E-state index is 5.51. The molecule has 3 heterocycles. The lowest BCUT2D eigenvalue weighted by Crippen LogP contribution is -2.50. The summed E-state index contributed by atoms with van der Waals surface area (Å²) in [6, 6.07) is 1.16. The molecule has 0 bridgehead atoms. The summed E-state index contributed by atoms with van der Waals surface area (Å²) >= 11 is 0. The second-order valence-electron chi connectivity index (χ2n) is 8.05. The Kier molecular flexibility index (Phi) is 8.18. The Bertz CT molecular complexity index is 459. The fraction of sp³-hybridized carbons (Fsp3) is 0.950. The number of likely N-dealkylation sites (tertiary alicyclic amines) is 1. The molecule has 3 rings (SSSR count). The Morgan fingerprint density at radius 2 is 1.81 bits per heavy atom. The molecule has 3 aliphatic rings. The Hall–Kier alpha value is -0.890. The molecule has 0 spiro atoms. The average Bonchev–Trinajstić information content (AvgIpc) is 3.21. The van der Waals surface area contributed by atoms with Gasteiger partial charge in [0.15, 0.2) is 5.96 Å². The van der Waals surface area contributed by atoms with E-state index in [4.69, 9.17) is 9.73 Å². The van der Waals surface area contributed by atoms with Crippen molar-refractivity contribution < 1.29 is 4.74 Å². The molecule has 3 saturated heterocycles. The molecule has 0 aromatic rings. The van der Waals surface area contributed by atoms with Gasteiger partial charge in [0.2, 0.25) is 0 Å². The number of hydrogen-bond acceptors (Lipinski definition) is 5. The highest BCUT2D eigenvalue weighted by Gasteiger charge is 2.30. The van der Waals surface area contributed by atoms with Crippen LogP contribution in [-0.2, 0) is 4.74 Å². The number of nitrogens with one attached hydrogen (secondary N) is 1. The van der Waals surface area contributed by atoms with E-state index in [0.717, 1.165) is 58.4 Å². The maximum absolute atomic E-state index is 5.51. The van der Waals surface area contributed by atoms with Gasteiger partial charge in [0, 0.05) is 71.0 Å². The van der Waals surface area contributed by atoms with Crippen molar-refractivity contribution in [2.75, 3.05) is 85.2 Å². The number of aliphatic imine (C=N–C) groups is 1. The Morgan fingerprint density at radius 3 is 2.48 bits per heavy atom. The zero-order chi connectivity index (χ0) is 19.1. The minimum atomic E-state index is 0.510. The highest BCUT2D eigenvalue weighted by Crippen LogP contribution is 2.17. The molecular weight excluding hydrogens is 340 g/mol. The van der Waals surface area contributed by atoms with Crippen molar-refractivity contribution in [1.82, 2.24) is 24.9 Å². The van der Waals surface area contributed by atoms with Crippen LogP contribution in [0.15, 0.2) is 4.99 Å². The van der Waals surface area contributed by atoms with Gasteiger partial charge in [-0.25, -0.2) is 0 Å². The molecule has 7 nitrogen and oxygen atoms in total. The molecule has 3 aliphatic heterocycles. The highest BCUT2D eigenvalue weighted by molar-refractivity contribution is 5.80. The van der Waals surface area contributed by atoms with E-state index in [0.29, 0.717) is 12.1 Å². The molecule has 0 radical (unpaired) electrons. The molecule has 7 heteroatoms. The number of morpholine rings is 1. The van der Waals surface area contributed by atoms with Gasteiger partial charge in [-0.3, -0.25) is 14.8 Å². The molecule has 0 saturated carbocycles. The summed E-state index contributed by atoms with van der Waals surface area (Å²) in [6.45, 7) is 20.6. The van der Waals surface area contributed by atoms with E-state index >= 15 is 0 Å². The smallest absolute Gasteiger partial charge is 0.194 e. The van der Waals surface area contributed by atoms with Gasteiger partial charge >= 0.3 is 0 Å². The first-order chi connectivity index (χ1) is 13.2. The van der Waals surface area contributed by atoms with Crippen LogP contribution in [0.1, 0.15) is 27.2 Å². The predicted molar refractivity (Wildman–Crippen MR) is 111 cm³/mol. The quantitative estimate of drug-likeness (QED) is 0.531. The molecule has 1 N–H and O–H groups in total. The van der Waals surface area contributed by atoms with Crippen LogP contribution in [0.2, 0.25) is 0 Å². The molecule has 2 unspecified atom stereocenters. The van der Waals surface area contributed by atoms with Gasteiger partial charge in [0.25, 0.3) is 0 Å². The minimum Gasteiger partial charge on any atom is -0.379 e. The first-order valence-electron chi connectivity index (χ1n) is 11.0. The van der Waals surface area contributed by atoms with Gasteiger partial charge in [-0.2, -0.15) is 0 Å². The fourth-order valence-electron chi connectivity index (χ4n) is 4.46. The first-order valence-corrected chi connectivity index (χ1v) is 11.0. The van der Waals surface area contributed by atoms with Crippen molar-refractivity contribution in [3.05, 3.63) is 0 Å². The van der Waals surface area contributed by atoms with Crippen LogP contribution in [0.3, 0.4) is 0 Å². The number of hydrogen-bond donors (Lipinski definition) is 1. The van der Waals surface area contributed by atoms with Crippen molar-refractivity contribution >= 4 is 5.96 Å². The third-order valence-corrected chi connectivity index (χ3v) is 6.34. The van der Waals surface area contributed by atoms with Crippen molar-refractivity contribution in [2.24, 2.45) is 4.99 Å². The second-order valence-corrected chi connectivity index (χ2v) is 8.05. The van der Waals surface area contributed by atoms with E-state index in [-0.39, 0.29) is 0 Å². The van der Waals surface area contributed by atoms with E-state index in [1.54, 1.807) is 0 Å². The maximum Gasteiger partial charge on any atom is 0.194 e.